The number of nitrogens with one attached hydrogen (secondary N) is 3. The van der Waals surface area contributed by atoms with Gasteiger partial charge in [0.1, 0.15) is 0 Å². The number of benzene rings is 1. The van der Waals surface area contributed by atoms with Crippen LogP contribution >= 0.6 is 0 Å². The molecule has 0 saturated heterocycles. The third kappa shape index (κ3) is 4.83. The molecule has 0 amide bonds. The molecule has 3 N–H and O–H groups in total. The first-order chi connectivity index (χ1) is 12.4. The van der Waals surface area contributed by atoms with Crippen LogP contribution in [-0.4, -0.2) is 35.6 Å². The largest absolute Gasteiger partial charge is 0.361 e. The van der Waals surface area contributed by atoms with E-state index in [1.54, 1.807) is 0 Å². The molecular weight excluding hydrogens is 310 g/mol. The molecule has 0 aliphatic heterocycles. The van der Waals surface area contributed by atoms with Gasteiger partial charge in [-0.2, -0.15) is 0 Å². The Balaban J connectivity index is 1.52. The van der Waals surface area contributed by atoms with E-state index in [2.05, 4.69) is 63.0 Å². The predicted octanol–water partition coefficient (Wildman–Crippen LogP) is 2.90. The van der Waals surface area contributed by atoms with Crippen molar-refractivity contribution in [2.24, 2.45) is 4.99 Å². The normalized spacial score (nSPS) is 11.6. The maximum Gasteiger partial charge on any atom is 0.191 e. The van der Waals surface area contributed by atoms with Crippen LogP contribution in [-0.2, 0) is 12.8 Å². The number of fused-ring (bicyclic) bond motifs is 1. The molecule has 0 fully saturated rings. The molecule has 1 aromatic carbocycles. The lowest BCUT2D eigenvalue weighted by Crippen LogP contribution is -2.38. The SMILES string of the molecule is CCNC(=NCCc1ccccn1)NCCc1c[nH]c2ccccc12. The first-order valence-corrected chi connectivity index (χ1v) is 8.84. The van der Waals surface area contributed by atoms with E-state index in [1.807, 2.05) is 24.4 Å². The molecule has 0 saturated carbocycles. The van der Waals surface area contributed by atoms with E-state index in [0.717, 1.165) is 44.1 Å². The molecule has 0 unspecified atom stereocenters. The van der Waals surface area contributed by atoms with Crippen molar-refractivity contribution in [2.45, 2.75) is 19.8 Å². The van der Waals surface area contributed by atoms with Gasteiger partial charge in [-0.1, -0.05) is 24.3 Å². The van der Waals surface area contributed by atoms with Gasteiger partial charge in [0.25, 0.3) is 0 Å². The van der Waals surface area contributed by atoms with Gasteiger partial charge in [0.05, 0.1) is 0 Å². The fourth-order valence-electron chi connectivity index (χ4n) is 2.82. The van der Waals surface area contributed by atoms with Crippen LogP contribution in [0.4, 0.5) is 0 Å². The molecule has 3 rings (SSSR count). The summed E-state index contributed by atoms with van der Waals surface area (Å²) in [5.41, 5.74) is 3.58. The van der Waals surface area contributed by atoms with Crippen LogP contribution in [0.1, 0.15) is 18.2 Å². The van der Waals surface area contributed by atoms with E-state index in [1.165, 1.54) is 16.5 Å². The molecule has 2 heterocycles. The molecule has 0 aliphatic carbocycles. The van der Waals surface area contributed by atoms with E-state index in [9.17, 15) is 0 Å². The van der Waals surface area contributed by atoms with Crippen LogP contribution in [0.3, 0.4) is 0 Å². The number of nitrogens with zero attached hydrogens (tertiary/aromatic N) is 2. The number of guanidine groups is 1. The standard InChI is InChI=1S/C20H25N5/c1-2-21-20(24-14-11-17-7-5-6-12-22-17)23-13-10-16-15-25-19-9-4-3-8-18(16)19/h3-9,12,15,25H,2,10-11,13-14H2,1H3,(H2,21,23,24). The lowest BCUT2D eigenvalue weighted by Gasteiger charge is -2.11. The number of aliphatic imine (C=N–C) groups is 1. The second-order valence-corrected chi connectivity index (χ2v) is 5.87. The topological polar surface area (TPSA) is 65.1 Å². The molecule has 25 heavy (non-hydrogen) atoms. The van der Waals surface area contributed by atoms with Gasteiger partial charge in [0.2, 0.25) is 0 Å². The molecule has 0 radical (unpaired) electrons. The summed E-state index contributed by atoms with van der Waals surface area (Å²) in [4.78, 5) is 12.3. The summed E-state index contributed by atoms with van der Waals surface area (Å²) < 4.78 is 0. The zero-order valence-corrected chi connectivity index (χ0v) is 14.6. The first kappa shape index (κ1) is 17.0. The Morgan fingerprint density at radius 2 is 1.96 bits per heavy atom. The van der Waals surface area contributed by atoms with Gasteiger partial charge in [-0.25, -0.2) is 0 Å². The van der Waals surface area contributed by atoms with Crippen molar-refractivity contribution >= 4 is 16.9 Å². The Bertz CT molecular complexity index is 807. The molecule has 5 nitrogen and oxygen atoms in total. The molecule has 2 aromatic heterocycles. The summed E-state index contributed by atoms with van der Waals surface area (Å²) in [6.45, 7) is 4.49. The highest BCUT2D eigenvalue weighted by Gasteiger charge is 2.03. The fraction of sp³-hybridized carbons (Fsp3) is 0.300. The van der Waals surface area contributed by atoms with Crippen LogP contribution in [0.2, 0.25) is 0 Å². The van der Waals surface area contributed by atoms with Crippen molar-refractivity contribution in [3.63, 3.8) is 0 Å². The van der Waals surface area contributed by atoms with Gasteiger partial charge >= 0.3 is 0 Å². The molecular formula is C20H25N5. The first-order valence-electron chi connectivity index (χ1n) is 8.84. The van der Waals surface area contributed by atoms with Gasteiger partial charge in [-0.15, -0.1) is 0 Å². The Kier molecular flexibility index (Phi) is 6.04. The highest BCUT2D eigenvalue weighted by molar-refractivity contribution is 5.83. The van der Waals surface area contributed by atoms with Gasteiger partial charge in [0, 0.05) is 55.0 Å². The van der Waals surface area contributed by atoms with Crippen molar-refractivity contribution in [1.29, 1.82) is 0 Å². The minimum atomic E-state index is 0.722. The van der Waals surface area contributed by atoms with Crippen LogP contribution in [0, 0.1) is 0 Å². The summed E-state index contributed by atoms with van der Waals surface area (Å²) in [5, 5.41) is 8.00. The number of rotatable bonds is 7. The van der Waals surface area contributed by atoms with Gasteiger partial charge < -0.3 is 15.6 Å². The van der Waals surface area contributed by atoms with E-state index >= 15 is 0 Å². The number of hydrogen-bond donors (Lipinski definition) is 3. The zero-order valence-electron chi connectivity index (χ0n) is 14.6. The van der Waals surface area contributed by atoms with Crippen LogP contribution in [0.15, 0.2) is 59.9 Å². The summed E-state index contributed by atoms with van der Waals surface area (Å²) in [6, 6.07) is 14.4. The van der Waals surface area contributed by atoms with E-state index < -0.39 is 0 Å². The molecule has 0 bridgehead atoms. The molecule has 0 spiro atoms. The van der Waals surface area contributed by atoms with Crippen LogP contribution < -0.4 is 10.6 Å². The third-order valence-electron chi connectivity index (χ3n) is 4.07. The minimum Gasteiger partial charge on any atom is -0.361 e. The van der Waals surface area contributed by atoms with Crippen LogP contribution in [0.5, 0.6) is 0 Å². The quantitative estimate of drug-likeness (QED) is 0.459. The van der Waals surface area contributed by atoms with Crippen molar-refractivity contribution in [2.75, 3.05) is 19.6 Å². The fourth-order valence-corrected chi connectivity index (χ4v) is 2.82. The second kappa shape index (κ2) is 8.87. The molecule has 0 aliphatic rings. The van der Waals surface area contributed by atoms with Crippen molar-refractivity contribution in [3.8, 4) is 0 Å². The number of aromatic nitrogens is 2. The summed E-state index contributed by atoms with van der Waals surface area (Å²) in [6.07, 6.45) is 5.72. The van der Waals surface area contributed by atoms with Crippen molar-refractivity contribution in [1.82, 2.24) is 20.6 Å². The smallest absolute Gasteiger partial charge is 0.191 e. The average molecular weight is 335 g/mol. The summed E-state index contributed by atoms with van der Waals surface area (Å²) in [5.74, 6) is 0.860. The predicted molar refractivity (Wildman–Crippen MR) is 104 cm³/mol. The number of para-hydroxylation sites is 1. The maximum absolute atomic E-state index is 4.64. The number of aromatic amines is 1. The lowest BCUT2D eigenvalue weighted by molar-refractivity contribution is 0.796. The Hall–Kier alpha value is -2.82. The molecule has 0 atom stereocenters. The number of pyridine rings is 1. The number of H-pyrrole nitrogens is 1. The van der Waals surface area contributed by atoms with E-state index in [0.29, 0.717) is 0 Å². The zero-order chi connectivity index (χ0) is 17.3. The minimum absolute atomic E-state index is 0.722. The summed E-state index contributed by atoms with van der Waals surface area (Å²) >= 11 is 0. The lowest BCUT2D eigenvalue weighted by atomic mass is 10.1. The Morgan fingerprint density at radius 3 is 2.80 bits per heavy atom. The highest BCUT2D eigenvalue weighted by atomic mass is 15.2. The average Bonchev–Trinajstić information content (AvgIpc) is 3.06. The van der Waals surface area contributed by atoms with Crippen molar-refractivity contribution < 1.29 is 0 Å². The Morgan fingerprint density at radius 1 is 1.08 bits per heavy atom. The summed E-state index contributed by atoms with van der Waals surface area (Å²) in [7, 11) is 0. The monoisotopic (exact) mass is 335 g/mol. The van der Waals surface area contributed by atoms with Crippen LogP contribution in [0.25, 0.3) is 10.9 Å². The maximum atomic E-state index is 4.64. The van der Waals surface area contributed by atoms with E-state index in [4.69, 9.17) is 0 Å². The van der Waals surface area contributed by atoms with Gasteiger partial charge in [-0.3, -0.25) is 9.98 Å². The number of hydrogen-bond acceptors (Lipinski definition) is 2. The van der Waals surface area contributed by atoms with E-state index in [-0.39, 0.29) is 0 Å². The van der Waals surface area contributed by atoms with Gasteiger partial charge in [0.15, 0.2) is 5.96 Å². The molecule has 130 valence electrons. The highest BCUT2D eigenvalue weighted by Crippen LogP contribution is 2.17. The molecule has 5 heteroatoms. The molecule has 3 aromatic rings. The second-order valence-electron chi connectivity index (χ2n) is 5.87. The van der Waals surface area contributed by atoms with Crippen molar-refractivity contribution in [3.05, 3.63) is 66.1 Å². The van der Waals surface area contributed by atoms with Gasteiger partial charge in [-0.05, 0) is 37.1 Å². The Labute approximate surface area is 148 Å². The third-order valence-corrected chi connectivity index (χ3v) is 4.07.